The molecule has 0 spiro atoms. The van der Waals surface area contributed by atoms with Gasteiger partial charge in [0.25, 0.3) is 5.91 Å². The van der Waals surface area contributed by atoms with Crippen LogP contribution in [-0.2, 0) is 14.3 Å². The summed E-state index contributed by atoms with van der Waals surface area (Å²) < 4.78 is 4.90. The Labute approximate surface area is 201 Å². The first-order chi connectivity index (χ1) is 16.4. The molecule has 0 aromatic heterocycles. The quantitative estimate of drug-likeness (QED) is 0.615. The van der Waals surface area contributed by atoms with Crippen LogP contribution in [0.15, 0.2) is 48.5 Å². The molecule has 1 aliphatic rings. The first-order valence-corrected chi connectivity index (χ1v) is 11.7. The van der Waals surface area contributed by atoms with Crippen LogP contribution in [0.4, 0.5) is 11.4 Å². The molecule has 0 aliphatic carbocycles. The third-order valence-electron chi connectivity index (χ3n) is 5.83. The molecule has 8 nitrogen and oxygen atoms in total. The van der Waals surface area contributed by atoms with Gasteiger partial charge in [-0.15, -0.1) is 0 Å². The number of carbonyl (C=O) groups excluding carboxylic acids is 3. The number of amides is 3. The highest BCUT2D eigenvalue weighted by Crippen LogP contribution is 2.20. The van der Waals surface area contributed by atoms with Crippen LogP contribution in [-0.4, -0.2) is 80.5 Å². The highest BCUT2D eigenvalue weighted by Gasteiger charge is 2.22. The van der Waals surface area contributed by atoms with Gasteiger partial charge in [0.15, 0.2) is 0 Å². The van der Waals surface area contributed by atoms with Gasteiger partial charge in [0.2, 0.25) is 11.8 Å². The maximum Gasteiger partial charge on any atom is 0.253 e. The molecule has 0 unspecified atom stereocenters. The van der Waals surface area contributed by atoms with Gasteiger partial charge in [-0.25, -0.2) is 0 Å². The van der Waals surface area contributed by atoms with Crippen molar-refractivity contribution in [2.24, 2.45) is 0 Å². The molecule has 1 saturated heterocycles. The van der Waals surface area contributed by atoms with E-state index in [1.54, 1.807) is 0 Å². The Morgan fingerprint density at radius 3 is 2.21 bits per heavy atom. The average molecular weight is 467 g/mol. The molecule has 2 aromatic carbocycles. The van der Waals surface area contributed by atoms with E-state index in [4.69, 9.17) is 4.74 Å². The third kappa shape index (κ3) is 6.81. The normalized spacial score (nSPS) is 13.5. The zero-order chi connectivity index (χ0) is 24.5. The number of anilines is 2. The van der Waals surface area contributed by atoms with Crippen molar-refractivity contribution in [2.75, 3.05) is 63.2 Å². The summed E-state index contributed by atoms with van der Waals surface area (Å²) in [5.74, 6) is -0.373. The number of rotatable bonds is 9. The Morgan fingerprint density at radius 1 is 0.971 bits per heavy atom. The molecule has 3 amide bonds. The summed E-state index contributed by atoms with van der Waals surface area (Å²) in [6.07, 6.45) is 0.765. The molecule has 3 rings (SSSR count). The molecular formula is C26H34N4O4. The molecule has 0 atom stereocenters. The van der Waals surface area contributed by atoms with Crippen LogP contribution in [0.2, 0.25) is 0 Å². The highest BCUT2D eigenvalue weighted by atomic mass is 16.5. The summed E-state index contributed by atoms with van der Waals surface area (Å²) in [5, 5.41) is 2.86. The lowest BCUT2D eigenvalue weighted by Crippen LogP contribution is -2.48. The van der Waals surface area contributed by atoms with Gasteiger partial charge in [-0.1, -0.05) is 24.6 Å². The lowest BCUT2D eigenvalue weighted by Gasteiger charge is -2.36. The number of hydrogen-bond acceptors (Lipinski definition) is 5. The van der Waals surface area contributed by atoms with E-state index in [1.807, 2.05) is 67.3 Å². The molecule has 34 heavy (non-hydrogen) atoms. The largest absolute Gasteiger partial charge is 0.375 e. The van der Waals surface area contributed by atoms with E-state index in [0.29, 0.717) is 25.3 Å². The predicted molar refractivity (Wildman–Crippen MR) is 133 cm³/mol. The molecule has 0 radical (unpaired) electrons. The second-order valence-corrected chi connectivity index (χ2v) is 8.49. The van der Waals surface area contributed by atoms with Gasteiger partial charge in [0.1, 0.15) is 6.61 Å². The van der Waals surface area contributed by atoms with Crippen molar-refractivity contribution in [3.8, 4) is 0 Å². The summed E-state index contributed by atoms with van der Waals surface area (Å²) in [6, 6.07) is 15.3. The first kappa shape index (κ1) is 25.2. The molecule has 182 valence electrons. The minimum atomic E-state index is -0.242. The van der Waals surface area contributed by atoms with Crippen molar-refractivity contribution >= 4 is 29.1 Å². The van der Waals surface area contributed by atoms with E-state index in [9.17, 15) is 14.4 Å². The topological polar surface area (TPSA) is 82.2 Å². The summed E-state index contributed by atoms with van der Waals surface area (Å²) >= 11 is 0. The van der Waals surface area contributed by atoms with Crippen LogP contribution >= 0.6 is 0 Å². The van der Waals surface area contributed by atoms with Crippen molar-refractivity contribution in [2.45, 2.75) is 20.3 Å². The number of methoxy groups -OCH3 is 1. The Hall–Kier alpha value is -3.39. The van der Waals surface area contributed by atoms with Crippen LogP contribution in [0, 0.1) is 6.92 Å². The number of benzene rings is 2. The van der Waals surface area contributed by atoms with Crippen molar-refractivity contribution in [1.29, 1.82) is 0 Å². The third-order valence-corrected chi connectivity index (χ3v) is 5.83. The van der Waals surface area contributed by atoms with Crippen molar-refractivity contribution < 1.29 is 19.1 Å². The van der Waals surface area contributed by atoms with Gasteiger partial charge in [0.05, 0.1) is 6.54 Å². The first-order valence-electron chi connectivity index (χ1n) is 11.7. The molecule has 1 heterocycles. The summed E-state index contributed by atoms with van der Waals surface area (Å²) in [4.78, 5) is 42.9. The molecule has 1 fully saturated rings. The second-order valence-electron chi connectivity index (χ2n) is 8.49. The smallest absolute Gasteiger partial charge is 0.253 e. The van der Waals surface area contributed by atoms with Crippen molar-refractivity contribution in [3.63, 3.8) is 0 Å². The van der Waals surface area contributed by atoms with Gasteiger partial charge in [-0.2, -0.15) is 0 Å². The van der Waals surface area contributed by atoms with Gasteiger partial charge >= 0.3 is 0 Å². The average Bonchev–Trinajstić information content (AvgIpc) is 2.84. The van der Waals surface area contributed by atoms with Crippen molar-refractivity contribution in [1.82, 2.24) is 9.80 Å². The van der Waals surface area contributed by atoms with Crippen LogP contribution < -0.4 is 10.2 Å². The fourth-order valence-corrected chi connectivity index (χ4v) is 3.95. The molecule has 1 aliphatic heterocycles. The molecular weight excluding hydrogens is 432 g/mol. The highest BCUT2D eigenvalue weighted by molar-refractivity contribution is 5.95. The number of nitrogens with zero attached hydrogens (tertiary/aromatic N) is 3. The standard InChI is InChI=1S/C26H34N4O4/c1-4-13-30(25(32)19-34-3)18-24(31)27-22-9-11-23(12-10-22)28-14-16-29(17-15-28)26(33)21-7-5-20(2)6-8-21/h5-12H,4,13-19H2,1-3H3,(H,27,31). The van der Waals surface area contributed by atoms with E-state index < -0.39 is 0 Å². The molecule has 1 N–H and O–H groups in total. The van der Waals surface area contributed by atoms with Crippen LogP contribution in [0.3, 0.4) is 0 Å². The zero-order valence-corrected chi connectivity index (χ0v) is 20.3. The maximum atomic E-state index is 12.7. The van der Waals surface area contributed by atoms with Crippen LogP contribution in [0.1, 0.15) is 29.3 Å². The minimum Gasteiger partial charge on any atom is -0.375 e. The lowest BCUT2D eigenvalue weighted by molar-refractivity contribution is -0.138. The van der Waals surface area contributed by atoms with Gasteiger partial charge < -0.3 is 24.8 Å². The maximum absolute atomic E-state index is 12.7. The number of carbonyl (C=O) groups is 3. The number of nitrogens with one attached hydrogen (secondary N) is 1. The van der Waals surface area contributed by atoms with E-state index in [-0.39, 0.29) is 30.9 Å². The monoisotopic (exact) mass is 466 g/mol. The molecule has 2 aromatic rings. The fourth-order valence-electron chi connectivity index (χ4n) is 3.95. The Morgan fingerprint density at radius 2 is 1.62 bits per heavy atom. The minimum absolute atomic E-state index is 0.00520. The van der Waals surface area contributed by atoms with Crippen molar-refractivity contribution in [3.05, 3.63) is 59.7 Å². The SMILES string of the molecule is CCCN(CC(=O)Nc1ccc(N2CCN(C(=O)c3ccc(C)cc3)CC2)cc1)C(=O)COC. The van der Waals surface area contributed by atoms with E-state index >= 15 is 0 Å². The van der Waals surface area contributed by atoms with E-state index in [1.165, 1.54) is 12.0 Å². The van der Waals surface area contributed by atoms with Gasteiger partial charge in [0, 0.05) is 56.8 Å². The number of piperazine rings is 1. The zero-order valence-electron chi connectivity index (χ0n) is 20.3. The summed E-state index contributed by atoms with van der Waals surface area (Å²) in [6.45, 7) is 7.25. The number of ether oxygens (including phenoxy) is 1. The molecule has 0 saturated carbocycles. The van der Waals surface area contributed by atoms with Crippen LogP contribution in [0.25, 0.3) is 0 Å². The van der Waals surface area contributed by atoms with Crippen LogP contribution in [0.5, 0.6) is 0 Å². The molecule has 8 heteroatoms. The lowest BCUT2D eigenvalue weighted by atomic mass is 10.1. The Kier molecular flexibility index (Phi) is 9.04. The van der Waals surface area contributed by atoms with E-state index in [0.717, 1.165) is 36.3 Å². The Bertz CT molecular complexity index is 967. The van der Waals surface area contributed by atoms with Gasteiger partial charge in [-0.3, -0.25) is 14.4 Å². The Balaban J connectivity index is 1.50. The number of hydrogen-bond donors (Lipinski definition) is 1. The summed E-state index contributed by atoms with van der Waals surface area (Å²) in [5.41, 5.74) is 3.58. The van der Waals surface area contributed by atoms with Gasteiger partial charge in [-0.05, 0) is 49.7 Å². The summed E-state index contributed by atoms with van der Waals surface area (Å²) in [7, 11) is 1.46. The van der Waals surface area contributed by atoms with E-state index in [2.05, 4.69) is 10.2 Å². The fraction of sp³-hybridized carbons (Fsp3) is 0.423. The predicted octanol–water partition coefficient (Wildman–Crippen LogP) is 2.78. The molecule has 0 bridgehead atoms. The second kappa shape index (κ2) is 12.2. The number of aryl methyl sites for hydroxylation is 1.